The van der Waals surface area contributed by atoms with E-state index in [1.165, 1.54) is 64.7 Å². The predicted octanol–water partition coefficient (Wildman–Crippen LogP) is 13.5. The zero-order valence-corrected chi connectivity index (χ0v) is 26.2. The Balaban J connectivity index is 0.000000515. The van der Waals surface area contributed by atoms with Gasteiger partial charge in [0, 0.05) is 27.1 Å². The van der Waals surface area contributed by atoms with Crippen molar-refractivity contribution in [3.05, 3.63) is 158 Å². The Kier molecular flexibility index (Phi) is 9.22. The Labute approximate surface area is 266 Å². The fraction of sp³-hybridized carbons (Fsp3) is 0. The fourth-order valence-corrected chi connectivity index (χ4v) is 6.40. The van der Waals surface area contributed by atoms with Crippen LogP contribution in [0, 0.1) is 0 Å². The Hall–Kier alpha value is -3.97. The van der Waals surface area contributed by atoms with Crippen LogP contribution >= 0.6 is 19.6 Å². The van der Waals surface area contributed by atoms with Gasteiger partial charge in [0.15, 0.2) is 9.79 Å². The molecule has 0 bridgehead atoms. The van der Waals surface area contributed by atoms with Gasteiger partial charge >= 0.3 is 33.0 Å². The van der Waals surface area contributed by atoms with Crippen LogP contribution in [0.15, 0.2) is 177 Å². The van der Waals surface area contributed by atoms with E-state index in [1.807, 2.05) is 11.8 Å². The van der Waals surface area contributed by atoms with Crippen LogP contribution in [0.25, 0.3) is 33.4 Å². The summed E-state index contributed by atoms with van der Waals surface area (Å²) in [6, 6.07) is 56.5. The van der Waals surface area contributed by atoms with E-state index in [4.69, 9.17) is 0 Å². The smallest absolute Gasteiger partial charge is 0.0901 e. The summed E-state index contributed by atoms with van der Waals surface area (Å²) in [4.78, 5) is 5.09. The molecule has 0 atom stereocenters. The number of thiol groups is 1. The molecule has 0 N–H and O–H groups in total. The molecule has 45 heavy (non-hydrogen) atoms. The van der Waals surface area contributed by atoms with Crippen molar-refractivity contribution >= 4 is 31.3 Å². The SMILES string of the molecule is F[P-](F)(F)(F)(F)F.c1ccc(-c2ccc(Sc3ccc([SH+]c4ccc(-c5ccccc5)cc4)c(-c4ccccc4)c3)cc2)cc1. The summed E-state index contributed by atoms with van der Waals surface area (Å²) in [6.45, 7) is 0. The van der Waals surface area contributed by atoms with Gasteiger partial charge in [0.1, 0.15) is 0 Å². The molecule has 0 aliphatic carbocycles. The molecule has 0 unspecified atom stereocenters. The van der Waals surface area contributed by atoms with E-state index in [-0.39, 0.29) is 0 Å². The van der Waals surface area contributed by atoms with Gasteiger partial charge in [-0.25, -0.2) is 0 Å². The molecule has 230 valence electrons. The molecule has 0 amide bonds. The summed E-state index contributed by atoms with van der Waals surface area (Å²) in [5.74, 6) is 0. The van der Waals surface area contributed by atoms with Crippen molar-refractivity contribution in [1.82, 2.24) is 0 Å². The molecule has 0 radical (unpaired) electrons. The van der Waals surface area contributed by atoms with E-state index < -0.39 is 7.81 Å². The summed E-state index contributed by atoms with van der Waals surface area (Å²) in [6.07, 6.45) is 0. The molecule has 0 aromatic heterocycles. The second-order valence-corrected chi connectivity index (χ2v) is 14.3. The van der Waals surface area contributed by atoms with E-state index in [9.17, 15) is 25.2 Å². The summed E-state index contributed by atoms with van der Waals surface area (Å²) >= 11 is 3.02. The van der Waals surface area contributed by atoms with E-state index in [0.29, 0.717) is 0 Å². The van der Waals surface area contributed by atoms with Crippen LogP contribution in [0.1, 0.15) is 0 Å². The molecule has 9 heteroatoms. The molecular weight excluding hydrogens is 641 g/mol. The average Bonchev–Trinajstić information content (AvgIpc) is 3.02. The number of rotatable bonds is 7. The van der Waals surface area contributed by atoms with Crippen molar-refractivity contribution in [3.63, 3.8) is 0 Å². The first-order valence-corrected chi connectivity index (χ1v) is 17.5. The number of hydrogen-bond acceptors (Lipinski definition) is 1. The minimum Gasteiger partial charge on any atom is -0.0901 e. The Morgan fingerprint density at radius 1 is 0.400 bits per heavy atom. The number of hydrogen-bond donors (Lipinski definition) is 0. The summed E-state index contributed by atoms with van der Waals surface area (Å²) < 4.78 is 59.2. The summed E-state index contributed by atoms with van der Waals surface area (Å²) in [5, 5.41) is 0. The number of benzene rings is 6. The quantitative estimate of drug-likeness (QED) is 0.0706. The molecule has 0 aliphatic rings. The molecule has 6 aromatic rings. The van der Waals surface area contributed by atoms with Crippen molar-refractivity contribution in [2.75, 3.05) is 0 Å². The zero-order chi connectivity index (χ0) is 32.0. The monoisotopic (exact) mass is 668 g/mol. The zero-order valence-electron chi connectivity index (χ0n) is 23.6. The van der Waals surface area contributed by atoms with Gasteiger partial charge < -0.3 is 0 Å². The van der Waals surface area contributed by atoms with Gasteiger partial charge in [-0.2, -0.15) is 0 Å². The minimum atomic E-state index is -10.7. The minimum absolute atomic E-state index is 1.21. The van der Waals surface area contributed by atoms with Gasteiger partial charge in [-0.3, -0.25) is 0 Å². The molecule has 0 spiro atoms. The van der Waals surface area contributed by atoms with Crippen LogP contribution in [-0.2, 0) is 11.8 Å². The van der Waals surface area contributed by atoms with E-state index in [1.54, 1.807) is 0 Å². The third kappa shape index (κ3) is 10.9. The first-order chi connectivity index (χ1) is 21.3. The van der Waals surface area contributed by atoms with Gasteiger partial charge in [0.25, 0.3) is 0 Å². The van der Waals surface area contributed by atoms with Crippen molar-refractivity contribution in [2.24, 2.45) is 0 Å². The molecule has 0 aliphatic heterocycles. The summed E-state index contributed by atoms with van der Waals surface area (Å²) in [5.41, 5.74) is 7.52. The second-order valence-electron chi connectivity index (χ2n) is 10.0. The van der Waals surface area contributed by atoms with Crippen molar-refractivity contribution < 1.29 is 25.2 Å². The van der Waals surface area contributed by atoms with Crippen molar-refractivity contribution in [1.29, 1.82) is 0 Å². The van der Waals surface area contributed by atoms with Crippen LogP contribution in [0.4, 0.5) is 25.2 Å². The maximum absolute atomic E-state index is 10.7. The van der Waals surface area contributed by atoms with Gasteiger partial charge in [-0.1, -0.05) is 115 Å². The maximum Gasteiger partial charge on any atom is 0.166 e. The van der Waals surface area contributed by atoms with E-state index in [2.05, 4.69) is 158 Å². The van der Waals surface area contributed by atoms with Crippen LogP contribution in [0.5, 0.6) is 0 Å². The standard InChI is InChI=1S/C36H26S2.F6P/c1-4-10-27(11-5-1)29-16-20-32(21-17-29)37-34-24-25-36(35(26-34)31-14-8-3-9-15-31)38-33-22-18-30(19-23-33)28-12-6-2-7-13-28;1-7(2,3,4,5)6/h1-26H;/q;-1/p+1. The third-order valence-corrected chi connectivity index (χ3v) is 8.66. The van der Waals surface area contributed by atoms with Crippen LogP contribution in [-0.4, -0.2) is 0 Å². The Morgan fingerprint density at radius 3 is 1.24 bits per heavy atom. The molecular formula is C36H27F6PS2. The second kappa shape index (κ2) is 12.8. The first-order valence-electron chi connectivity index (χ1n) is 13.7. The molecule has 0 nitrogen and oxygen atoms in total. The molecule has 0 saturated heterocycles. The third-order valence-electron chi connectivity index (χ3n) is 6.47. The van der Waals surface area contributed by atoms with Gasteiger partial charge in [0.05, 0.1) is 0 Å². The van der Waals surface area contributed by atoms with Gasteiger partial charge in [-0.05, 0) is 82.4 Å². The molecule has 6 rings (SSSR count). The molecule has 0 fully saturated rings. The maximum atomic E-state index is 9.87. The van der Waals surface area contributed by atoms with Crippen molar-refractivity contribution in [3.8, 4) is 33.4 Å². The molecule has 0 saturated carbocycles. The largest absolute Gasteiger partial charge is 0.166 e. The Morgan fingerprint density at radius 2 is 0.778 bits per heavy atom. The normalized spacial score (nSPS) is 12.8. The first kappa shape index (κ1) is 32.4. The van der Waals surface area contributed by atoms with Crippen molar-refractivity contribution in [2.45, 2.75) is 19.6 Å². The molecule has 6 aromatic carbocycles. The van der Waals surface area contributed by atoms with Gasteiger partial charge in [0.2, 0.25) is 0 Å². The van der Waals surface area contributed by atoms with Crippen LogP contribution < -0.4 is 0 Å². The van der Waals surface area contributed by atoms with E-state index >= 15 is 0 Å². The van der Waals surface area contributed by atoms with Gasteiger partial charge in [-0.15, -0.1) is 0 Å². The number of halogens is 6. The topological polar surface area (TPSA) is 0 Å². The average molecular weight is 669 g/mol. The predicted molar refractivity (Wildman–Crippen MR) is 179 cm³/mol. The van der Waals surface area contributed by atoms with Crippen LogP contribution in [0.2, 0.25) is 0 Å². The summed E-state index contributed by atoms with van der Waals surface area (Å²) in [7, 11) is -10.7. The van der Waals surface area contributed by atoms with E-state index in [0.717, 1.165) is 0 Å². The Bertz CT molecular complexity index is 1840. The van der Waals surface area contributed by atoms with Crippen LogP contribution in [0.3, 0.4) is 0 Å². The fourth-order valence-electron chi connectivity index (χ4n) is 4.51. The molecule has 0 heterocycles.